The molecule has 9 nitrogen and oxygen atoms in total. The predicted molar refractivity (Wildman–Crippen MR) is 125 cm³/mol. The van der Waals surface area contributed by atoms with Gasteiger partial charge in [-0.15, -0.1) is 5.10 Å². The average Bonchev–Trinajstić information content (AvgIpc) is 3.30. The Morgan fingerprint density at radius 1 is 1.12 bits per heavy atom. The van der Waals surface area contributed by atoms with Gasteiger partial charge in [-0.1, -0.05) is 36.5 Å². The van der Waals surface area contributed by atoms with Crippen molar-refractivity contribution >= 4 is 29.3 Å². The van der Waals surface area contributed by atoms with Crippen LogP contribution >= 0.6 is 0 Å². The summed E-state index contributed by atoms with van der Waals surface area (Å²) in [5.41, 5.74) is 3.21. The standard InChI is InChI=1S/C25H25N5O4/c1-16-13-17(15-26)5-10-20(16)28-24-30-29-23(34-24)22(33)27-19-8-6-18(7-9-19)25(14-21(31)32)11-3-2-4-12-25/h5-10,13H,2-4,11-12,14H2,1H3,(H,27,33)(H,28,30)(H,31,32). The number of hydrogen-bond acceptors (Lipinski definition) is 7. The molecule has 0 unspecified atom stereocenters. The third-order valence-corrected chi connectivity index (χ3v) is 6.27. The molecular formula is C25H25N5O4. The van der Waals surface area contributed by atoms with Crippen molar-refractivity contribution < 1.29 is 19.1 Å². The fourth-order valence-electron chi connectivity index (χ4n) is 4.53. The van der Waals surface area contributed by atoms with Crippen molar-refractivity contribution in [2.45, 2.75) is 50.9 Å². The van der Waals surface area contributed by atoms with Crippen molar-refractivity contribution in [3.63, 3.8) is 0 Å². The van der Waals surface area contributed by atoms with Gasteiger partial charge in [0.25, 0.3) is 0 Å². The predicted octanol–water partition coefficient (Wildman–Crippen LogP) is 4.92. The van der Waals surface area contributed by atoms with Gasteiger partial charge in [-0.05, 0) is 61.2 Å². The van der Waals surface area contributed by atoms with E-state index in [0.29, 0.717) is 16.9 Å². The summed E-state index contributed by atoms with van der Waals surface area (Å²) in [5.74, 6) is -1.55. The maximum Gasteiger partial charge on any atom is 0.320 e. The number of carbonyl (C=O) groups is 2. The highest BCUT2D eigenvalue weighted by atomic mass is 16.4. The first-order valence-electron chi connectivity index (χ1n) is 11.1. The van der Waals surface area contributed by atoms with Gasteiger partial charge < -0.3 is 20.2 Å². The number of anilines is 3. The van der Waals surface area contributed by atoms with E-state index in [1.54, 1.807) is 30.3 Å². The largest absolute Gasteiger partial charge is 0.481 e. The fraction of sp³-hybridized carbons (Fsp3) is 0.320. The van der Waals surface area contributed by atoms with Crippen LogP contribution in [0.1, 0.15) is 65.9 Å². The number of aryl methyl sites for hydroxylation is 1. The Labute approximate surface area is 196 Å². The van der Waals surface area contributed by atoms with Crippen LogP contribution in [0.25, 0.3) is 0 Å². The third-order valence-electron chi connectivity index (χ3n) is 6.27. The number of nitriles is 1. The number of rotatable bonds is 7. The molecule has 1 aliphatic rings. The Bertz CT molecular complexity index is 1240. The zero-order valence-electron chi connectivity index (χ0n) is 18.8. The topological polar surface area (TPSA) is 141 Å². The molecule has 1 aromatic heterocycles. The van der Waals surface area contributed by atoms with Gasteiger partial charge in [-0.25, -0.2) is 0 Å². The van der Waals surface area contributed by atoms with E-state index in [9.17, 15) is 14.7 Å². The van der Waals surface area contributed by atoms with Crippen LogP contribution < -0.4 is 10.6 Å². The van der Waals surface area contributed by atoms with Crippen LogP contribution in [-0.4, -0.2) is 27.2 Å². The van der Waals surface area contributed by atoms with Crippen molar-refractivity contribution in [2.24, 2.45) is 0 Å². The highest BCUT2D eigenvalue weighted by Crippen LogP contribution is 2.42. The van der Waals surface area contributed by atoms with E-state index in [1.165, 1.54) is 0 Å². The summed E-state index contributed by atoms with van der Waals surface area (Å²) in [7, 11) is 0. The van der Waals surface area contributed by atoms with Gasteiger partial charge in [0.1, 0.15) is 0 Å². The van der Waals surface area contributed by atoms with Gasteiger partial charge in [0.15, 0.2) is 0 Å². The molecule has 0 aliphatic heterocycles. The Balaban J connectivity index is 1.43. The van der Waals surface area contributed by atoms with E-state index in [1.807, 2.05) is 19.1 Å². The smallest absolute Gasteiger partial charge is 0.320 e. The summed E-state index contributed by atoms with van der Waals surface area (Å²) < 4.78 is 5.44. The summed E-state index contributed by atoms with van der Waals surface area (Å²) >= 11 is 0. The second-order valence-electron chi connectivity index (χ2n) is 8.62. The Kier molecular flexibility index (Phi) is 6.59. The molecule has 1 saturated carbocycles. The molecule has 34 heavy (non-hydrogen) atoms. The first kappa shape index (κ1) is 23.0. The molecule has 0 bridgehead atoms. The molecule has 0 radical (unpaired) electrons. The summed E-state index contributed by atoms with van der Waals surface area (Å²) in [6, 6.07) is 14.6. The molecule has 0 atom stereocenters. The summed E-state index contributed by atoms with van der Waals surface area (Å²) in [4.78, 5) is 24.1. The first-order valence-corrected chi connectivity index (χ1v) is 11.1. The van der Waals surface area contributed by atoms with Crippen LogP contribution in [0.2, 0.25) is 0 Å². The zero-order chi connectivity index (χ0) is 24.1. The molecule has 2 aromatic carbocycles. The monoisotopic (exact) mass is 459 g/mol. The Hall–Kier alpha value is -4.19. The molecule has 174 valence electrons. The van der Waals surface area contributed by atoms with Crippen molar-refractivity contribution in [3.05, 3.63) is 65.0 Å². The van der Waals surface area contributed by atoms with Gasteiger partial charge in [0, 0.05) is 16.8 Å². The molecule has 1 amide bonds. The van der Waals surface area contributed by atoms with Gasteiger partial charge in [0.05, 0.1) is 18.1 Å². The summed E-state index contributed by atoms with van der Waals surface area (Å²) in [6.45, 7) is 1.84. The van der Waals surface area contributed by atoms with E-state index in [2.05, 4.69) is 26.9 Å². The second-order valence-corrected chi connectivity index (χ2v) is 8.62. The number of aliphatic carboxylic acids is 1. The number of benzene rings is 2. The molecule has 4 rings (SSSR count). The van der Waals surface area contributed by atoms with E-state index < -0.39 is 11.9 Å². The van der Waals surface area contributed by atoms with E-state index in [4.69, 9.17) is 9.68 Å². The summed E-state index contributed by atoms with van der Waals surface area (Å²) in [5, 5.41) is 31.7. The molecule has 0 spiro atoms. The van der Waals surface area contributed by atoms with Crippen LogP contribution in [0.5, 0.6) is 0 Å². The lowest BCUT2D eigenvalue weighted by molar-refractivity contribution is -0.138. The van der Waals surface area contributed by atoms with Crippen LogP contribution in [0.15, 0.2) is 46.9 Å². The van der Waals surface area contributed by atoms with Crippen LogP contribution in [-0.2, 0) is 10.2 Å². The minimum atomic E-state index is -0.795. The van der Waals surface area contributed by atoms with Gasteiger partial charge >= 0.3 is 23.8 Å². The molecule has 1 heterocycles. The quantitative estimate of drug-likeness (QED) is 0.452. The molecular weight excluding hydrogens is 434 g/mol. The minimum absolute atomic E-state index is 0.0567. The number of aromatic nitrogens is 2. The number of hydrogen-bond donors (Lipinski definition) is 3. The lowest BCUT2D eigenvalue weighted by atomic mass is 9.67. The maximum absolute atomic E-state index is 12.6. The number of carboxylic acid groups (broad SMARTS) is 1. The SMILES string of the molecule is Cc1cc(C#N)ccc1Nc1nnc(C(=O)Nc2ccc(C3(CC(=O)O)CCCCC3)cc2)o1. The number of amides is 1. The van der Waals surface area contributed by atoms with Gasteiger partial charge in [0.2, 0.25) is 0 Å². The third kappa shape index (κ3) is 5.07. The number of nitrogens with one attached hydrogen (secondary N) is 2. The Morgan fingerprint density at radius 3 is 2.50 bits per heavy atom. The van der Waals surface area contributed by atoms with Crippen LogP contribution in [0.4, 0.5) is 17.4 Å². The van der Waals surface area contributed by atoms with Crippen molar-refractivity contribution in [2.75, 3.05) is 10.6 Å². The van der Waals surface area contributed by atoms with Crippen LogP contribution in [0, 0.1) is 18.3 Å². The maximum atomic E-state index is 12.6. The van der Waals surface area contributed by atoms with E-state index in [0.717, 1.165) is 43.2 Å². The molecule has 1 aliphatic carbocycles. The number of carbonyl (C=O) groups excluding carboxylic acids is 1. The minimum Gasteiger partial charge on any atom is -0.481 e. The molecule has 3 N–H and O–H groups in total. The van der Waals surface area contributed by atoms with Crippen LogP contribution in [0.3, 0.4) is 0 Å². The molecule has 3 aromatic rings. The van der Waals surface area contributed by atoms with E-state index >= 15 is 0 Å². The van der Waals surface area contributed by atoms with Gasteiger partial charge in [-0.3, -0.25) is 9.59 Å². The molecule has 1 fully saturated rings. The fourth-order valence-corrected chi connectivity index (χ4v) is 4.53. The van der Waals surface area contributed by atoms with E-state index in [-0.39, 0.29) is 23.7 Å². The first-order chi connectivity index (χ1) is 16.4. The normalized spacial score (nSPS) is 14.7. The highest BCUT2D eigenvalue weighted by Gasteiger charge is 2.36. The average molecular weight is 460 g/mol. The number of nitrogens with zero attached hydrogens (tertiary/aromatic N) is 3. The molecule has 9 heteroatoms. The highest BCUT2D eigenvalue weighted by molar-refractivity contribution is 6.00. The lowest BCUT2D eigenvalue weighted by Crippen LogP contribution is -2.31. The van der Waals surface area contributed by atoms with Crippen molar-refractivity contribution in [1.29, 1.82) is 5.26 Å². The van der Waals surface area contributed by atoms with Crippen molar-refractivity contribution in [3.8, 4) is 6.07 Å². The van der Waals surface area contributed by atoms with Crippen molar-refractivity contribution in [1.82, 2.24) is 10.2 Å². The lowest BCUT2D eigenvalue weighted by Gasteiger charge is -2.36. The second kappa shape index (κ2) is 9.75. The Morgan fingerprint density at radius 2 is 1.85 bits per heavy atom. The number of carboxylic acids is 1. The molecule has 0 saturated heterocycles. The van der Waals surface area contributed by atoms with Gasteiger partial charge in [-0.2, -0.15) is 5.26 Å². The zero-order valence-corrected chi connectivity index (χ0v) is 18.8. The summed E-state index contributed by atoms with van der Waals surface area (Å²) in [6.07, 6.45) is 4.96.